The number of nitrogens with one attached hydrogen (secondary N) is 1. The van der Waals surface area contributed by atoms with Gasteiger partial charge in [0.1, 0.15) is 5.84 Å². The van der Waals surface area contributed by atoms with Crippen molar-refractivity contribution in [3.05, 3.63) is 58.0 Å². The summed E-state index contributed by atoms with van der Waals surface area (Å²) in [5.41, 5.74) is 7.75. The van der Waals surface area contributed by atoms with Crippen molar-refractivity contribution in [1.29, 1.82) is 0 Å². The first-order valence-corrected chi connectivity index (χ1v) is 15.9. The number of aliphatic imine (C=N–C) groups is 2. The monoisotopic (exact) mass is 656 g/mol. The van der Waals surface area contributed by atoms with Crippen molar-refractivity contribution in [3.63, 3.8) is 0 Å². The van der Waals surface area contributed by atoms with Crippen molar-refractivity contribution in [2.24, 2.45) is 21.6 Å². The van der Waals surface area contributed by atoms with Gasteiger partial charge >= 0.3 is 0 Å². The van der Waals surface area contributed by atoms with E-state index in [-0.39, 0.29) is 17.7 Å². The molecule has 2 aliphatic rings. The third-order valence-corrected chi connectivity index (χ3v) is 8.44. The van der Waals surface area contributed by atoms with Gasteiger partial charge in [-0.15, -0.1) is 0 Å². The van der Waals surface area contributed by atoms with E-state index in [9.17, 15) is 9.59 Å². The number of likely N-dealkylation sites (tertiary alicyclic amines) is 1. The van der Waals surface area contributed by atoms with E-state index in [0.717, 1.165) is 75.6 Å². The summed E-state index contributed by atoms with van der Waals surface area (Å²) in [5.74, 6) is 1.60. The van der Waals surface area contributed by atoms with Gasteiger partial charge in [0, 0.05) is 80.8 Å². The number of hydrogen-bond donors (Lipinski definition) is 2. The number of halogens is 2. The molecule has 0 saturated carbocycles. The highest BCUT2D eigenvalue weighted by Gasteiger charge is 2.21. The van der Waals surface area contributed by atoms with E-state index in [4.69, 9.17) is 38.7 Å². The molecule has 2 fully saturated rings. The number of amidine groups is 1. The minimum atomic E-state index is -0.284. The molecule has 2 saturated heterocycles. The van der Waals surface area contributed by atoms with Gasteiger partial charge in [0.2, 0.25) is 23.6 Å². The third-order valence-electron chi connectivity index (χ3n) is 8.00. The van der Waals surface area contributed by atoms with Crippen LogP contribution in [0.15, 0.2) is 52.4 Å². The van der Waals surface area contributed by atoms with Gasteiger partial charge in [-0.05, 0) is 75.3 Å². The SMILES string of the molecule is C=N/C(=C\N=C(C)N1CCN(CCC(N)=O)CC1)Oc1cc(CN2CCC(CNC(C)=O)CC2)cc(-c2cc(Cl)cc(Cl)c2)n1. The Kier molecular flexibility index (Phi) is 12.8. The molecule has 0 aliphatic carbocycles. The molecular formula is C32H42Cl2N8O3. The number of nitrogens with two attached hydrogens (primary N) is 1. The number of hydrogen-bond acceptors (Lipinski definition) is 8. The number of benzene rings is 1. The van der Waals surface area contributed by atoms with Gasteiger partial charge in [-0.25, -0.2) is 15.0 Å². The average Bonchev–Trinajstić information content (AvgIpc) is 3.01. The molecule has 13 heteroatoms. The largest absolute Gasteiger partial charge is 0.419 e. The lowest BCUT2D eigenvalue weighted by Gasteiger charge is -2.35. The third kappa shape index (κ3) is 11.1. The lowest BCUT2D eigenvalue weighted by Crippen LogP contribution is -2.48. The number of aromatic nitrogens is 1. The van der Waals surface area contributed by atoms with E-state index in [2.05, 4.69) is 36.7 Å². The van der Waals surface area contributed by atoms with E-state index in [1.165, 1.54) is 0 Å². The zero-order chi connectivity index (χ0) is 32.3. The molecule has 2 aromatic rings. The first kappa shape index (κ1) is 34.4. The van der Waals surface area contributed by atoms with E-state index in [1.54, 1.807) is 19.2 Å². The Bertz CT molecular complexity index is 1400. The van der Waals surface area contributed by atoms with Gasteiger partial charge in [-0.1, -0.05) is 23.2 Å². The van der Waals surface area contributed by atoms with Crippen LogP contribution in [-0.2, 0) is 16.1 Å². The van der Waals surface area contributed by atoms with Crippen LogP contribution < -0.4 is 15.8 Å². The number of piperidine rings is 1. The number of primary amides is 1. The summed E-state index contributed by atoms with van der Waals surface area (Å²) in [6.45, 7) is 14.3. The molecule has 242 valence electrons. The lowest BCUT2D eigenvalue weighted by atomic mass is 9.96. The number of pyridine rings is 1. The molecule has 4 rings (SSSR count). The molecule has 0 atom stereocenters. The normalized spacial score (nSPS) is 17.3. The van der Waals surface area contributed by atoms with Crippen LogP contribution in [0.4, 0.5) is 0 Å². The highest BCUT2D eigenvalue weighted by atomic mass is 35.5. The summed E-state index contributed by atoms with van der Waals surface area (Å²) >= 11 is 12.6. The standard InChI is InChI=1S/C32H42Cl2N8O3/c1-22(42-12-10-40(11-13-42)9-6-30(35)44)37-20-32(36-3)45-31-15-25(14-29(39-31)26-16-27(33)18-28(34)17-26)21-41-7-4-24(5-8-41)19-38-23(2)43/h14-18,20,24H,3-13,19,21H2,1-2H3,(H2,35,44)(H,38,43)/b32-20+,37-22?. The molecule has 1 aromatic carbocycles. The summed E-state index contributed by atoms with van der Waals surface area (Å²) in [4.78, 5) is 42.6. The van der Waals surface area contributed by atoms with Crippen molar-refractivity contribution in [3.8, 4) is 17.1 Å². The van der Waals surface area contributed by atoms with Crippen LogP contribution >= 0.6 is 23.2 Å². The molecule has 0 radical (unpaired) electrons. The zero-order valence-corrected chi connectivity index (χ0v) is 27.5. The van der Waals surface area contributed by atoms with E-state index < -0.39 is 0 Å². The second kappa shape index (κ2) is 16.7. The van der Waals surface area contributed by atoms with Crippen molar-refractivity contribution < 1.29 is 14.3 Å². The predicted molar refractivity (Wildman–Crippen MR) is 180 cm³/mol. The number of piperazine rings is 1. The smallest absolute Gasteiger partial charge is 0.239 e. The Balaban J connectivity index is 1.48. The summed E-state index contributed by atoms with van der Waals surface area (Å²) in [6, 6.07) is 9.25. The zero-order valence-electron chi connectivity index (χ0n) is 26.0. The number of amides is 2. The Hall–Kier alpha value is -3.51. The first-order chi connectivity index (χ1) is 21.6. The summed E-state index contributed by atoms with van der Waals surface area (Å²) in [6.07, 6.45) is 3.93. The molecular weight excluding hydrogens is 615 g/mol. The molecule has 0 unspecified atom stereocenters. The molecule has 0 bridgehead atoms. The van der Waals surface area contributed by atoms with Crippen LogP contribution in [0.5, 0.6) is 5.88 Å². The molecule has 1 aromatic heterocycles. The highest BCUT2D eigenvalue weighted by Crippen LogP contribution is 2.30. The maximum atomic E-state index is 11.3. The molecule has 2 aliphatic heterocycles. The van der Waals surface area contributed by atoms with Crippen LogP contribution in [0.3, 0.4) is 0 Å². The molecule has 45 heavy (non-hydrogen) atoms. The fourth-order valence-corrected chi connectivity index (χ4v) is 5.97. The Morgan fingerprint density at radius 2 is 1.73 bits per heavy atom. The fraction of sp³-hybridized carbons (Fsp3) is 0.469. The van der Waals surface area contributed by atoms with Crippen molar-refractivity contribution in [2.75, 3.05) is 52.4 Å². The minimum Gasteiger partial charge on any atom is -0.419 e. The molecule has 2 amide bonds. The maximum absolute atomic E-state index is 11.3. The number of rotatable bonds is 12. The van der Waals surface area contributed by atoms with Crippen LogP contribution in [0.1, 0.15) is 38.7 Å². The average molecular weight is 658 g/mol. The number of carbonyl (C=O) groups excluding carboxylic acids is 2. The van der Waals surface area contributed by atoms with Crippen LogP contribution in [0.2, 0.25) is 10.0 Å². The second-order valence-corrected chi connectivity index (χ2v) is 12.3. The summed E-state index contributed by atoms with van der Waals surface area (Å²) in [5, 5.41) is 3.97. The van der Waals surface area contributed by atoms with Gasteiger partial charge in [0.25, 0.3) is 0 Å². The van der Waals surface area contributed by atoms with E-state index in [1.807, 2.05) is 31.2 Å². The first-order valence-electron chi connectivity index (χ1n) is 15.2. The number of ether oxygens (including phenoxy) is 1. The van der Waals surface area contributed by atoms with E-state index in [0.29, 0.717) is 47.0 Å². The molecule has 0 spiro atoms. The predicted octanol–water partition coefficient (Wildman–Crippen LogP) is 4.19. The minimum absolute atomic E-state index is 0.00947. The topological polar surface area (TPSA) is 129 Å². The van der Waals surface area contributed by atoms with Crippen molar-refractivity contribution >= 4 is 47.6 Å². The lowest BCUT2D eigenvalue weighted by molar-refractivity contribution is -0.119. The number of nitrogens with zero attached hydrogens (tertiary/aromatic N) is 6. The van der Waals surface area contributed by atoms with Gasteiger partial charge in [0.05, 0.1) is 11.9 Å². The van der Waals surface area contributed by atoms with Crippen molar-refractivity contribution in [2.45, 2.75) is 39.7 Å². The van der Waals surface area contributed by atoms with Gasteiger partial charge < -0.3 is 20.7 Å². The molecule has 3 heterocycles. The summed E-state index contributed by atoms with van der Waals surface area (Å²) < 4.78 is 6.12. The van der Waals surface area contributed by atoms with Gasteiger partial charge in [-0.2, -0.15) is 0 Å². The molecule has 11 nitrogen and oxygen atoms in total. The quantitative estimate of drug-likeness (QED) is 0.199. The van der Waals surface area contributed by atoms with Crippen LogP contribution in [-0.4, -0.2) is 96.4 Å². The Morgan fingerprint density at radius 1 is 1.04 bits per heavy atom. The Morgan fingerprint density at radius 3 is 2.36 bits per heavy atom. The Labute approximate surface area is 275 Å². The maximum Gasteiger partial charge on any atom is 0.239 e. The van der Waals surface area contributed by atoms with Gasteiger partial charge in [0.15, 0.2) is 0 Å². The van der Waals surface area contributed by atoms with E-state index >= 15 is 0 Å². The highest BCUT2D eigenvalue weighted by molar-refractivity contribution is 6.35. The molecule has 3 N–H and O–H groups in total. The van der Waals surface area contributed by atoms with Crippen LogP contribution in [0, 0.1) is 5.92 Å². The fourth-order valence-electron chi connectivity index (χ4n) is 5.45. The van der Waals surface area contributed by atoms with Crippen LogP contribution in [0.25, 0.3) is 11.3 Å². The summed E-state index contributed by atoms with van der Waals surface area (Å²) in [7, 11) is 0. The number of carbonyl (C=O) groups is 2. The van der Waals surface area contributed by atoms with Gasteiger partial charge in [-0.3, -0.25) is 19.4 Å². The second-order valence-electron chi connectivity index (χ2n) is 11.5. The van der Waals surface area contributed by atoms with Crippen molar-refractivity contribution in [1.82, 2.24) is 25.0 Å².